The number of nitrogens with zero attached hydrogens (tertiary/aromatic N) is 4. The lowest BCUT2D eigenvalue weighted by Crippen LogP contribution is -2.32. The average Bonchev–Trinajstić information content (AvgIpc) is 2.84. The van der Waals surface area contributed by atoms with E-state index in [0.717, 1.165) is 35.4 Å². The third-order valence-electron chi connectivity index (χ3n) is 2.80. The Bertz CT molecular complexity index is 520. The van der Waals surface area contributed by atoms with Crippen LogP contribution in [0.4, 0.5) is 0 Å². The van der Waals surface area contributed by atoms with Crippen molar-refractivity contribution in [3.8, 4) is 11.5 Å². The third-order valence-corrected chi connectivity index (χ3v) is 3.57. The molecule has 0 saturated carbocycles. The van der Waals surface area contributed by atoms with Crippen molar-refractivity contribution in [1.29, 1.82) is 0 Å². The van der Waals surface area contributed by atoms with Gasteiger partial charge < -0.3 is 9.88 Å². The summed E-state index contributed by atoms with van der Waals surface area (Å²) in [5.41, 5.74) is 0.940. The Morgan fingerprint density at radius 2 is 2.29 bits per heavy atom. The Morgan fingerprint density at radius 1 is 1.47 bits per heavy atom. The van der Waals surface area contributed by atoms with Gasteiger partial charge in [0, 0.05) is 18.5 Å². The molecule has 0 aliphatic carbocycles. The zero-order valence-electron chi connectivity index (χ0n) is 9.67. The van der Waals surface area contributed by atoms with Crippen LogP contribution in [0.1, 0.15) is 23.8 Å². The Labute approximate surface area is 110 Å². The third kappa shape index (κ3) is 2.08. The SMILES string of the molecule is Cc1nc(-c2nnc3n2CCN[C@@H]3C)cs1.Cl. The number of hydrogen-bond donors (Lipinski definition) is 1. The van der Waals surface area contributed by atoms with Crippen LogP contribution in [0, 0.1) is 6.92 Å². The quantitative estimate of drug-likeness (QED) is 0.859. The number of rotatable bonds is 1. The second-order valence-electron chi connectivity index (χ2n) is 3.96. The molecule has 3 rings (SSSR count). The molecule has 0 spiro atoms. The average molecular weight is 272 g/mol. The van der Waals surface area contributed by atoms with E-state index in [1.165, 1.54) is 0 Å². The Morgan fingerprint density at radius 3 is 3.00 bits per heavy atom. The van der Waals surface area contributed by atoms with E-state index in [-0.39, 0.29) is 18.4 Å². The van der Waals surface area contributed by atoms with E-state index < -0.39 is 0 Å². The van der Waals surface area contributed by atoms with E-state index in [0.29, 0.717) is 0 Å². The second-order valence-corrected chi connectivity index (χ2v) is 5.02. The fourth-order valence-corrected chi connectivity index (χ4v) is 2.59. The van der Waals surface area contributed by atoms with E-state index in [9.17, 15) is 0 Å². The summed E-state index contributed by atoms with van der Waals surface area (Å²) in [6.07, 6.45) is 0. The molecule has 5 nitrogen and oxygen atoms in total. The van der Waals surface area contributed by atoms with Gasteiger partial charge in [-0.2, -0.15) is 0 Å². The van der Waals surface area contributed by atoms with Crippen LogP contribution in [-0.2, 0) is 6.54 Å². The highest BCUT2D eigenvalue weighted by molar-refractivity contribution is 7.09. The van der Waals surface area contributed by atoms with E-state index in [2.05, 4.69) is 32.0 Å². The Balaban J connectivity index is 0.00000108. The summed E-state index contributed by atoms with van der Waals surface area (Å²) in [5, 5.41) is 15.0. The fraction of sp³-hybridized carbons (Fsp3) is 0.500. The van der Waals surface area contributed by atoms with Crippen LogP contribution in [0.3, 0.4) is 0 Å². The molecule has 1 atom stereocenters. The lowest BCUT2D eigenvalue weighted by molar-refractivity contribution is 0.439. The van der Waals surface area contributed by atoms with Crippen LogP contribution >= 0.6 is 23.7 Å². The highest BCUT2D eigenvalue weighted by Crippen LogP contribution is 2.24. The van der Waals surface area contributed by atoms with E-state index in [1.54, 1.807) is 11.3 Å². The lowest BCUT2D eigenvalue weighted by Gasteiger charge is -2.21. The summed E-state index contributed by atoms with van der Waals surface area (Å²) >= 11 is 1.65. The van der Waals surface area contributed by atoms with Gasteiger partial charge in [0.05, 0.1) is 11.0 Å². The highest BCUT2D eigenvalue weighted by atomic mass is 35.5. The molecule has 0 saturated heterocycles. The van der Waals surface area contributed by atoms with Crippen molar-refractivity contribution in [2.75, 3.05) is 6.54 Å². The molecule has 7 heteroatoms. The minimum atomic E-state index is 0. The first kappa shape index (κ1) is 12.5. The van der Waals surface area contributed by atoms with Crippen LogP contribution < -0.4 is 5.32 Å². The molecule has 0 fully saturated rings. The van der Waals surface area contributed by atoms with Crippen LogP contribution in [0.5, 0.6) is 0 Å². The first-order valence-electron chi connectivity index (χ1n) is 5.34. The minimum absolute atomic E-state index is 0. The summed E-state index contributed by atoms with van der Waals surface area (Å²) in [6.45, 7) is 5.99. The van der Waals surface area contributed by atoms with Gasteiger partial charge in [-0.05, 0) is 13.8 Å². The molecule has 0 radical (unpaired) electrons. The van der Waals surface area contributed by atoms with Gasteiger partial charge in [-0.3, -0.25) is 0 Å². The zero-order valence-corrected chi connectivity index (χ0v) is 11.3. The lowest BCUT2D eigenvalue weighted by atomic mass is 10.2. The minimum Gasteiger partial charge on any atom is -0.307 e. The number of hydrogen-bond acceptors (Lipinski definition) is 5. The van der Waals surface area contributed by atoms with Crippen molar-refractivity contribution in [3.05, 3.63) is 16.2 Å². The molecule has 0 amide bonds. The number of aryl methyl sites for hydroxylation is 1. The molecule has 1 N–H and O–H groups in total. The molecule has 3 heterocycles. The van der Waals surface area contributed by atoms with Crippen LogP contribution in [0.15, 0.2) is 5.38 Å². The van der Waals surface area contributed by atoms with E-state index in [1.807, 2.05) is 12.3 Å². The topological polar surface area (TPSA) is 55.6 Å². The van der Waals surface area contributed by atoms with Gasteiger partial charge in [0.2, 0.25) is 0 Å². The van der Waals surface area contributed by atoms with Gasteiger partial charge >= 0.3 is 0 Å². The van der Waals surface area contributed by atoms with Gasteiger partial charge in [-0.1, -0.05) is 0 Å². The van der Waals surface area contributed by atoms with Crippen molar-refractivity contribution in [1.82, 2.24) is 25.1 Å². The molecule has 2 aromatic heterocycles. The normalized spacial score (nSPS) is 18.6. The molecule has 1 aliphatic heterocycles. The zero-order chi connectivity index (χ0) is 11.1. The van der Waals surface area contributed by atoms with Crippen molar-refractivity contribution < 1.29 is 0 Å². The molecule has 0 aromatic carbocycles. The standard InChI is InChI=1S/C10H13N5S.ClH/c1-6-9-13-14-10(15(9)4-3-11-6)8-5-16-7(2)12-8;/h5-6,11H,3-4H2,1-2H3;1H/t6-;/m1./s1. The largest absolute Gasteiger partial charge is 0.307 e. The fourth-order valence-electron chi connectivity index (χ4n) is 2.00. The van der Waals surface area contributed by atoms with E-state index in [4.69, 9.17) is 0 Å². The summed E-state index contributed by atoms with van der Waals surface area (Å²) in [7, 11) is 0. The van der Waals surface area contributed by atoms with Crippen molar-refractivity contribution in [2.45, 2.75) is 26.4 Å². The number of thiazole rings is 1. The van der Waals surface area contributed by atoms with Gasteiger partial charge in [-0.15, -0.1) is 33.9 Å². The van der Waals surface area contributed by atoms with Gasteiger partial charge in [-0.25, -0.2) is 4.98 Å². The summed E-state index contributed by atoms with van der Waals surface area (Å²) in [5.74, 6) is 1.90. The molecule has 17 heavy (non-hydrogen) atoms. The van der Waals surface area contributed by atoms with Crippen molar-refractivity contribution in [3.63, 3.8) is 0 Å². The number of halogens is 1. The summed E-state index contributed by atoms with van der Waals surface area (Å²) < 4.78 is 2.16. The van der Waals surface area contributed by atoms with Gasteiger partial charge in [0.15, 0.2) is 5.82 Å². The number of nitrogens with one attached hydrogen (secondary N) is 1. The van der Waals surface area contributed by atoms with Crippen LogP contribution in [0.2, 0.25) is 0 Å². The number of fused-ring (bicyclic) bond motifs is 1. The molecule has 2 aromatic rings. The van der Waals surface area contributed by atoms with Crippen molar-refractivity contribution in [2.24, 2.45) is 0 Å². The Hall–Kier alpha value is -0.980. The van der Waals surface area contributed by atoms with Crippen molar-refractivity contribution >= 4 is 23.7 Å². The predicted octanol–water partition coefficient (Wildman–Crippen LogP) is 1.80. The monoisotopic (exact) mass is 271 g/mol. The molecule has 92 valence electrons. The first-order valence-corrected chi connectivity index (χ1v) is 6.22. The van der Waals surface area contributed by atoms with Crippen LogP contribution in [-0.4, -0.2) is 26.3 Å². The van der Waals surface area contributed by atoms with Gasteiger partial charge in [0.25, 0.3) is 0 Å². The predicted molar refractivity (Wildman–Crippen MR) is 69.5 cm³/mol. The van der Waals surface area contributed by atoms with Crippen LogP contribution in [0.25, 0.3) is 11.5 Å². The molecular formula is C10H14ClN5S. The first-order chi connectivity index (χ1) is 7.75. The second kappa shape index (κ2) is 4.72. The maximum atomic E-state index is 4.46. The summed E-state index contributed by atoms with van der Waals surface area (Å²) in [4.78, 5) is 4.46. The Kier molecular flexibility index (Phi) is 3.46. The molecule has 0 bridgehead atoms. The summed E-state index contributed by atoms with van der Waals surface area (Å²) in [6, 6.07) is 0.273. The smallest absolute Gasteiger partial charge is 0.183 e. The number of aromatic nitrogens is 4. The maximum absolute atomic E-state index is 4.46. The highest BCUT2D eigenvalue weighted by Gasteiger charge is 2.22. The molecular weight excluding hydrogens is 258 g/mol. The molecule has 0 unspecified atom stereocenters. The van der Waals surface area contributed by atoms with E-state index >= 15 is 0 Å². The molecule has 1 aliphatic rings. The maximum Gasteiger partial charge on any atom is 0.183 e. The van der Waals surface area contributed by atoms with Gasteiger partial charge in [0.1, 0.15) is 11.5 Å².